The van der Waals surface area contributed by atoms with Crippen LogP contribution in [0.5, 0.6) is 0 Å². The maximum Gasteiger partial charge on any atom is 0.230 e. The Kier molecular flexibility index (Phi) is 3.35. The molecule has 2 N–H and O–H groups in total. The lowest BCUT2D eigenvalue weighted by Crippen LogP contribution is -2.04. The number of nitrogens with zero attached hydrogens (tertiary/aromatic N) is 3. The largest absolute Gasteiger partial charge is 0.392 e. The van der Waals surface area contributed by atoms with Gasteiger partial charge in [-0.25, -0.2) is 9.97 Å². The molecule has 1 aromatic carbocycles. The number of hydrogen-bond acceptors (Lipinski definition) is 4. The summed E-state index contributed by atoms with van der Waals surface area (Å²) < 4.78 is 2.06. The summed E-state index contributed by atoms with van der Waals surface area (Å²) in [5, 5.41) is 12.3. The average molecular weight is 322 g/mol. The highest BCUT2D eigenvalue weighted by molar-refractivity contribution is 5.98. The summed E-state index contributed by atoms with van der Waals surface area (Å²) in [5.41, 5.74) is 4.32. The minimum Gasteiger partial charge on any atom is -0.392 e. The highest BCUT2D eigenvalue weighted by Crippen LogP contribution is 2.30. The molecule has 0 saturated heterocycles. The summed E-state index contributed by atoms with van der Waals surface area (Å²) in [6.07, 6.45) is 2.10. The zero-order valence-electron chi connectivity index (χ0n) is 13.6. The Hall–Kier alpha value is -2.73. The van der Waals surface area contributed by atoms with Crippen LogP contribution < -0.4 is 5.32 Å². The van der Waals surface area contributed by atoms with Crippen molar-refractivity contribution in [3.05, 3.63) is 47.4 Å². The lowest BCUT2D eigenvalue weighted by Gasteiger charge is -2.12. The number of nitrogens with one attached hydrogen (secondary N) is 1. The molecule has 0 spiro atoms. The molecular formula is C18H18N4O2. The second-order valence-corrected chi connectivity index (χ2v) is 6.33. The molecule has 0 bridgehead atoms. The molecule has 24 heavy (non-hydrogen) atoms. The number of fused-ring (bicyclic) bond motifs is 2. The highest BCUT2D eigenvalue weighted by atomic mass is 16.3. The van der Waals surface area contributed by atoms with Gasteiger partial charge in [-0.05, 0) is 12.1 Å². The average Bonchev–Trinajstić information content (AvgIpc) is 3.13. The molecule has 0 saturated carbocycles. The molecule has 6 nitrogen and oxygen atoms in total. The van der Waals surface area contributed by atoms with Crippen LogP contribution in [0.15, 0.2) is 30.5 Å². The van der Waals surface area contributed by atoms with Crippen LogP contribution in [-0.2, 0) is 17.8 Å². The third-order valence-corrected chi connectivity index (χ3v) is 4.30. The van der Waals surface area contributed by atoms with Crippen molar-refractivity contribution in [2.75, 3.05) is 5.32 Å². The molecule has 0 unspecified atom stereocenters. The molecule has 1 aliphatic rings. The lowest BCUT2D eigenvalue weighted by atomic mass is 10.1. The first-order valence-corrected chi connectivity index (χ1v) is 7.98. The second-order valence-electron chi connectivity index (χ2n) is 6.33. The number of hydrogen-bond donors (Lipinski definition) is 2. The minimum absolute atomic E-state index is 0.0308. The molecule has 0 atom stereocenters. The van der Waals surface area contributed by atoms with Crippen molar-refractivity contribution in [3.63, 3.8) is 0 Å². The van der Waals surface area contributed by atoms with Crippen LogP contribution in [0.2, 0.25) is 0 Å². The second kappa shape index (κ2) is 5.42. The van der Waals surface area contributed by atoms with Crippen molar-refractivity contribution >= 4 is 22.8 Å². The molecule has 0 aliphatic carbocycles. The molecule has 6 heteroatoms. The smallest absolute Gasteiger partial charge is 0.230 e. The van der Waals surface area contributed by atoms with Crippen molar-refractivity contribution < 1.29 is 9.90 Å². The Morgan fingerprint density at radius 2 is 2.21 bits per heavy atom. The zero-order valence-corrected chi connectivity index (χ0v) is 13.6. The van der Waals surface area contributed by atoms with Gasteiger partial charge in [0.15, 0.2) is 0 Å². The van der Waals surface area contributed by atoms with E-state index in [0.29, 0.717) is 12.2 Å². The summed E-state index contributed by atoms with van der Waals surface area (Å²) in [5.74, 6) is 1.72. The number of imidazole rings is 1. The van der Waals surface area contributed by atoms with Crippen molar-refractivity contribution in [3.8, 4) is 5.69 Å². The topological polar surface area (TPSA) is 80.0 Å². The summed E-state index contributed by atoms with van der Waals surface area (Å²) in [6, 6.07) is 7.78. The van der Waals surface area contributed by atoms with Gasteiger partial charge in [-0.1, -0.05) is 26.0 Å². The molecular weight excluding hydrogens is 304 g/mol. The Morgan fingerprint density at radius 1 is 1.38 bits per heavy atom. The molecule has 1 aliphatic heterocycles. The summed E-state index contributed by atoms with van der Waals surface area (Å²) in [4.78, 5) is 20.7. The fourth-order valence-corrected chi connectivity index (χ4v) is 3.18. The molecule has 0 fully saturated rings. The molecule has 1 amide bonds. The monoisotopic (exact) mass is 322 g/mol. The van der Waals surface area contributed by atoms with E-state index in [4.69, 9.17) is 4.98 Å². The van der Waals surface area contributed by atoms with Gasteiger partial charge in [0, 0.05) is 17.0 Å². The van der Waals surface area contributed by atoms with E-state index >= 15 is 0 Å². The maximum atomic E-state index is 11.6. The van der Waals surface area contributed by atoms with E-state index in [1.165, 1.54) is 0 Å². The lowest BCUT2D eigenvalue weighted by molar-refractivity contribution is -0.115. The van der Waals surface area contributed by atoms with E-state index in [9.17, 15) is 9.90 Å². The van der Waals surface area contributed by atoms with Crippen LogP contribution >= 0.6 is 0 Å². The Balaban J connectivity index is 1.98. The first-order chi connectivity index (χ1) is 11.6. The van der Waals surface area contributed by atoms with Gasteiger partial charge < -0.3 is 10.4 Å². The van der Waals surface area contributed by atoms with E-state index in [1.807, 2.05) is 24.3 Å². The molecule has 4 rings (SSSR count). The Labute approximate surface area is 139 Å². The summed E-state index contributed by atoms with van der Waals surface area (Å²) >= 11 is 0. The SMILES string of the molecule is CC(C)c1nc2c(CO)cccc2n1-c1cnc2c(c1)CC(=O)N2. The van der Waals surface area contributed by atoms with Crippen molar-refractivity contribution in [2.24, 2.45) is 0 Å². The van der Waals surface area contributed by atoms with Gasteiger partial charge in [0.1, 0.15) is 11.6 Å². The van der Waals surface area contributed by atoms with Gasteiger partial charge in [0.05, 0.1) is 35.9 Å². The van der Waals surface area contributed by atoms with Crippen LogP contribution in [0, 0.1) is 0 Å². The van der Waals surface area contributed by atoms with Crippen molar-refractivity contribution in [2.45, 2.75) is 32.8 Å². The van der Waals surface area contributed by atoms with Crippen LogP contribution in [0.3, 0.4) is 0 Å². The number of aliphatic hydroxyl groups excluding tert-OH is 1. The van der Waals surface area contributed by atoms with Gasteiger partial charge in [0.2, 0.25) is 5.91 Å². The third-order valence-electron chi connectivity index (χ3n) is 4.30. The third kappa shape index (κ3) is 2.18. The molecule has 3 heterocycles. The summed E-state index contributed by atoms with van der Waals surface area (Å²) in [7, 11) is 0. The summed E-state index contributed by atoms with van der Waals surface area (Å²) in [6.45, 7) is 4.12. The van der Waals surface area contributed by atoms with E-state index in [2.05, 4.69) is 28.7 Å². The Morgan fingerprint density at radius 3 is 2.96 bits per heavy atom. The fourth-order valence-electron chi connectivity index (χ4n) is 3.18. The predicted molar refractivity (Wildman–Crippen MR) is 91.2 cm³/mol. The van der Waals surface area contributed by atoms with Gasteiger partial charge >= 0.3 is 0 Å². The van der Waals surface area contributed by atoms with Crippen LogP contribution in [0.4, 0.5) is 5.82 Å². The normalized spacial score (nSPS) is 13.6. The first kappa shape index (κ1) is 14.8. The van der Waals surface area contributed by atoms with Crippen LogP contribution in [-0.4, -0.2) is 25.5 Å². The number of aromatic nitrogens is 3. The Bertz CT molecular complexity index is 959. The van der Waals surface area contributed by atoms with E-state index < -0.39 is 0 Å². The fraction of sp³-hybridized carbons (Fsp3) is 0.278. The van der Waals surface area contributed by atoms with Gasteiger partial charge in [-0.2, -0.15) is 0 Å². The van der Waals surface area contributed by atoms with Crippen LogP contribution in [0.1, 0.15) is 36.7 Å². The standard InChI is InChI=1S/C18H18N4O2/c1-10(2)18-21-16-11(9-23)4-3-5-14(16)22(18)13-6-12-7-15(24)20-17(12)19-8-13/h3-6,8,10,23H,7,9H2,1-2H3,(H,19,20,24). The number of carbonyl (C=O) groups excluding carboxylic acids is 1. The number of rotatable bonds is 3. The van der Waals surface area contributed by atoms with E-state index in [-0.39, 0.29) is 18.4 Å². The molecule has 122 valence electrons. The minimum atomic E-state index is -0.0489. The number of aliphatic hydroxyl groups is 1. The number of pyridine rings is 1. The number of benzene rings is 1. The van der Waals surface area contributed by atoms with Crippen molar-refractivity contribution in [1.82, 2.24) is 14.5 Å². The van der Waals surface area contributed by atoms with Crippen LogP contribution in [0.25, 0.3) is 16.7 Å². The van der Waals surface area contributed by atoms with Gasteiger partial charge in [-0.3, -0.25) is 9.36 Å². The number of carbonyl (C=O) groups is 1. The van der Waals surface area contributed by atoms with Gasteiger partial charge in [-0.15, -0.1) is 0 Å². The maximum absolute atomic E-state index is 11.6. The van der Waals surface area contributed by atoms with Crippen molar-refractivity contribution in [1.29, 1.82) is 0 Å². The zero-order chi connectivity index (χ0) is 16.8. The number of anilines is 1. The quantitative estimate of drug-likeness (QED) is 0.776. The van der Waals surface area contributed by atoms with E-state index in [1.54, 1.807) is 6.20 Å². The van der Waals surface area contributed by atoms with Gasteiger partial charge in [0.25, 0.3) is 0 Å². The van der Waals surface area contributed by atoms with E-state index in [0.717, 1.165) is 33.7 Å². The first-order valence-electron chi connectivity index (χ1n) is 7.98. The number of amides is 1. The highest BCUT2D eigenvalue weighted by Gasteiger charge is 2.22. The number of para-hydroxylation sites is 1. The predicted octanol–water partition coefficient (Wildman–Crippen LogP) is 2.53. The molecule has 2 aromatic heterocycles. The molecule has 0 radical (unpaired) electrons. The molecule has 3 aromatic rings.